The highest BCUT2D eigenvalue weighted by Crippen LogP contribution is 2.50. The van der Waals surface area contributed by atoms with E-state index in [4.69, 9.17) is 33.2 Å². The number of Topliss-reactive ketones (excluding diaryl/α,β-unsaturated/α-hetero) is 1. The molecule has 2 aromatic rings. The van der Waals surface area contributed by atoms with Gasteiger partial charge in [-0.1, -0.05) is 0 Å². The molecule has 0 radical (unpaired) electrons. The number of aryl methyl sites for hydroxylation is 1. The first-order valence-corrected chi connectivity index (χ1v) is 17.0. The van der Waals surface area contributed by atoms with E-state index in [0.717, 1.165) is 5.56 Å². The summed E-state index contributed by atoms with van der Waals surface area (Å²) < 4.78 is 44.6. The summed E-state index contributed by atoms with van der Waals surface area (Å²) in [6.45, 7) is 35.3. The summed E-state index contributed by atoms with van der Waals surface area (Å²) in [5, 5.41) is 0. The lowest BCUT2D eigenvalue weighted by Gasteiger charge is -2.33. The Morgan fingerprint density at radius 1 is 0.479 bits per heavy atom. The summed E-state index contributed by atoms with van der Waals surface area (Å²) in [7, 11) is 1.60. The monoisotopic (exact) mass is 672 g/mol. The van der Waals surface area contributed by atoms with E-state index in [1.165, 1.54) is 0 Å². The minimum Gasteiger partial charge on any atom is -0.493 e. The molecule has 2 aromatic carbocycles. The zero-order valence-electron chi connectivity index (χ0n) is 33.4. The van der Waals surface area contributed by atoms with Crippen molar-refractivity contribution in [2.75, 3.05) is 7.11 Å². The summed E-state index contributed by atoms with van der Waals surface area (Å²) in [6.07, 6.45) is 0.420. The first-order valence-electron chi connectivity index (χ1n) is 17.0. The van der Waals surface area contributed by atoms with Gasteiger partial charge in [-0.25, -0.2) is 0 Å². The van der Waals surface area contributed by atoms with E-state index in [1.807, 2.05) is 137 Å². The van der Waals surface area contributed by atoms with Crippen molar-refractivity contribution in [2.45, 2.75) is 171 Å². The Hall–Kier alpha value is -3.29. The lowest BCUT2D eigenvalue weighted by molar-refractivity contribution is 0.0758. The van der Waals surface area contributed by atoms with E-state index in [1.54, 1.807) is 13.2 Å². The molecule has 0 spiro atoms. The van der Waals surface area contributed by atoms with Gasteiger partial charge in [-0.05, 0) is 137 Å². The Kier molecular flexibility index (Phi) is 12.2. The van der Waals surface area contributed by atoms with Gasteiger partial charge >= 0.3 is 0 Å². The number of methoxy groups -OCH3 is 1. The van der Waals surface area contributed by atoms with E-state index in [2.05, 4.69) is 0 Å². The Morgan fingerprint density at radius 3 is 1.21 bits per heavy atom. The maximum atomic E-state index is 14.8. The highest BCUT2D eigenvalue weighted by molar-refractivity contribution is 6.03. The van der Waals surface area contributed by atoms with Crippen molar-refractivity contribution in [2.24, 2.45) is 0 Å². The molecule has 0 saturated heterocycles. The zero-order chi connectivity index (χ0) is 37.3. The largest absolute Gasteiger partial charge is 0.493 e. The number of ether oxygens (including phenoxy) is 7. The second-order valence-electron chi connectivity index (χ2n) is 18.2. The average Bonchev–Trinajstić information content (AvgIpc) is 2.81. The maximum Gasteiger partial charge on any atom is 0.176 e. The van der Waals surface area contributed by atoms with Gasteiger partial charge in [0.25, 0.3) is 0 Å². The third-order valence-corrected chi connectivity index (χ3v) is 5.87. The Balaban J connectivity index is 2.92. The third kappa shape index (κ3) is 13.7. The molecule has 0 N–H and O–H groups in total. The minimum atomic E-state index is -0.657. The van der Waals surface area contributed by atoms with Crippen molar-refractivity contribution < 1.29 is 38.0 Å². The predicted octanol–water partition coefficient (Wildman–Crippen LogP) is 10.6. The fourth-order valence-corrected chi connectivity index (χ4v) is 4.66. The van der Waals surface area contributed by atoms with Gasteiger partial charge in [0, 0.05) is 24.1 Å². The summed E-state index contributed by atoms with van der Waals surface area (Å²) in [4.78, 5) is 14.8. The average molecular weight is 673 g/mol. The molecular formula is C40H64O8. The SMILES string of the molecule is COc1cc(OC(C)(C)C)cc(CCC(=O)c2c(OC(C)(C)C)c(OC(C)(C)C)cc(OC(C)(C)C)c2OC(C)(C)C)c1OC(C)(C)C. The van der Waals surface area contributed by atoms with Crippen LogP contribution in [0.1, 0.15) is 147 Å². The topological polar surface area (TPSA) is 81.7 Å². The number of hydrogen-bond acceptors (Lipinski definition) is 8. The van der Waals surface area contributed by atoms with Gasteiger partial charge in [0.2, 0.25) is 0 Å². The second kappa shape index (κ2) is 14.3. The van der Waals surface area contributed by atoms with Crippen LogP contribution in [-0.2, 0) is 6.42 Å². The molecule has 0 unspecified atom stereocenters. The summed E-state index contributed by atoms with van der Waals surface area (Å²) >= 11 is 0. The molecule has 8 heteroatoms. The lowest BCUT2D eigenvalue weighted by atomic mass is 9.97. The smallest absolute Gasteiger partial charge is 0.176 e. The lowest BCUT2D eigenvalue weighted by Crippen LogP contribution is -2.30. The highest BCUT2D eigenvalue weighted by atomic mass is 16.6. The molecule has 0 bridgehead atoms. The molecule has 0 aliphatic heterocycles. The number of benzene rings is 2. The number of ketones is 1. The molecule has 0 aromatic heterocycles. The van der Waals surface area contributed by atoms with Crippen molar-refractivity contribution in [3.8, 4) is 40.2 Å². The molecule has 0 amide bonds. The summed E-state index contributed by atoms with van der Waals surface area (Å²) in [5.41, 5.74) is -2.41. The van der Waals surface area contributed by atoms with E-state index in [0.29, 0.717) is 46.7 Å². The van der Waals surface area contributed by atoms with Gasteiger partial charge in [-0.15, -0.1) is 0 Å². The zero-order valence-corrected chi connectivity index (χ0v) is 33.4. The molecule has 0 aliphatic rings. The van der Waals surface area contributed by atoms with Crippen LogP contribution in [0.25, 0.3) is 0 Å². The molecule has 0 atom stereocenters. The molecular weight excluding hydrogens is 608 g/mol. The van der Waals surface area contributed by atoms with Crippen LogP contribution in [0.3, 0.4) is 0 Å². The van der Waals surface area contributed by atoms with Crippen molar-refractivity contribution in [3.63, 3.8) is 0 Å². The quantitative estimate of drug-likeness (QED) is 0.218. The van der Waals surface area contributed by atoms with Crippen LogP contribution in [0.4, 0.5) is 0 Å². The normalized spacial score (nSPS) is 13.1. The highest BCUT2D eigenvalue weighted by Gasteiger charge is 2.35. The number of rotatable bonds is 11. The minimum absolute atomic E-state index is 0.0948. The Bertz CT molecular complexity index is 1360. The van der Waals surface area contributed by atoms with Crippen molar-refractivity contribution >= 4 is 5.78 Å². The van der Waals surface area contributed by atoms with Crippen LogP contribution in [0.5, 0.6) is 40.2 Å². The van der Waals surface area contributed by atoms with Crippen LogP contribution in [-0.4, -0.2) is 46.5 Å². The molecule has 0 heterocycles. The third-order valence-electron chi connectivity index (χ3n) is 5.87. The van der Waals surface area contributed by atoms with Gasteiger partial charge in [0.1, 0.15) is 44.9 Å². The van der Waals surface area contributed by atoms with Crippen molar-refractivity contribution in [3.05, 3.63) is 29.3 Å². The Labute approximate surface area is 291 Å². The van der Waals surface area contributed by atoms with Crippen LogP contribution >= 0.6 is 0 Å². The number of hydrogen-bond donors (Lipinski definition) is 0. The van der Waals surface area contributed by atoms with Gasteiger partial charge in [0.15, 0.2) is 40.3 Å². The van der Waals surface area contributed by atoms with Crippen LogP contribution in [0.15, 0.2) is 18.2 Å². The number of carbonyl (C=O) groups excluding carboxylic acids is 1. The molecule has 2 rings (SSSR count). The van der Waals surface area contributed by atoms with Crippen molar-refractivity contribution in [1.82, 2.24) is 0 Å². The first kappa shape index (κ1) is 40.9. The van der Waals surface area contributed by atoms with Crippen LogP contribution < -0.4 is 33.2 Å². The van der Waals surface area contributed by atoms with E-state index in [-0.39, 0.29) is 17.8 Å². The fraction of sp³-hybridized carbons (Fsp3) is 0.675. The Morgan fingerprint density at radius 2 is 0.854 bits per heavy atom. The molecule has 0 fully saturated rings. The first-order chi connectivity index (χ1) is 21.4. The molecule has 48 heavy (non-hydrogen) atoms. The summed E-state index contributed by atoms with van der Waals surface area (Å²) in [6, 6.07) is 5.53. The van der Waals surface area contributed by atoms with Gasteiger partial charge in [-0.3, -0.25) is 4.79 Å². The molecule has 8 nitrogen and oxygen atoms in total. The van der Waals surface area contributed by atoms with Crippen molar-refractivity contribution in [1.29, 1.82) is 0 Å². The van der Waals surface area contributed by atoms with E-state index < -0.39 is 33.6 Å². The van der Waals surface area contributed by atoms with Gasteiger partial charge in [0.05, 0.1) is 7.11 Å². The molecule has 0 saturated carbocycles. The van der Waals surface area contributed by atoms with E-state index >= 15 is 0 Å². The summed E-state index contributed by atoms with van der Waals surface area (Å²) in [5.74, 6) is 2.96. The number of carbonyl (C=O) groups is 1. The standard InChI is InChI=1S/C40H64O8/c1-35(2,3)43-26-22-25(32(28(23-26)42-19)46-38(10,11)12)20-21-27(41)31-33(47-39(13,14)15)29(44-36(4,5)6)24-30(45-37(7,8)9)34(31)48-40(16,17)18/h22-24H,20-21H2,1-19H3. The molecule has 0 aliphatic carbocycles. The predicted molar refractivity (Wildman–Crippen MR) is 194 cm³/mol. The van der Waals surface area contributed by atoms with E-state index in [9.17, 15) is 4.79 Å². The fourth-order valence-electron chi connectivity index (χ4n) is 4.66. The second-order valence-corrected chi connectivity index (χ2v) is 18.2. The van der Waals surface area contributed by atoms with Crippen LogP contribution in [0.2, 0.25) is 0 Å². The molecule has 272 valence electrons. The van der Waals surface area contributed by atoms with Gasteiger partial charge < -0.3 is 33.2 Å². The van der Waals surface area contributed by atoms with Gasteiger partial charge in [-0.2, -0.15) is 0 Å². The maximum absolute atomic E-state index is 14.8. The van der Waals surface area contributed by atoms with Crippen LogP contribution in [0, 0.1) is 0 Å².